The number of amides is 1. The third-order valence-electron chi connectivity index (χ3n) is 6.57. The van der Waals surface area contributed by atoms with Gasteiger partial charge < -0.3 is 14.5 Å². The van der Waals surface area contributed by atoms with E-state index in [4.69, 9.17) is 4.74 Å². The standard InChI is InChI=1S/C26H32N6O2S/c1-21-7-5-6-10-23(21)32-25(31-15-17-34-18-16-31)27-28-26(32)35-20-24(33)30-13-11-29(12-14-30)19-22-8-3-2-4-9-22/h2-10H,11-20H2,1H3. The average molecular weight is 493 g/mol. The molecule has 0 bridgehead atoms. The fourth-order valence-electron chi connectivity index (χ4n) is 4.56. The highest BCUT2D eigenvalue weighted by molar-refractivity contribution is 7.99. The summed E-state index contributed by atoms with van der Waals surface area (Å²) in [6, 6.07) is 18.7. The molecule has 2 aliphatic rings. The third-order valence-corrected chi connectivity index (χ3v) is 7.48. The topological polar surface area (TPSA) is 66.7 Å². The Kier molecular flexibility index (Phi) is 7.66. The molecule has 0 atom stereocenters. The monoisotopic (exact) mass is 492 g/mol. The second-order valence-corrected chi connectivity index (χ2v) is 9.88. The molecule has 2 aromatic carbocycles. The van der Waals surface area contributed by atoms with E-state index in [9.17, 15) is 4.79 Å². The molecule has 1 aromatic heterocycles. The number of hydrogen-bond donors (Lipinski definition) is 0. The number of aryl methyl sites for hydroxylation is 1. The smallest absolute Gasteiger partial charge is 0.233 e. The zero-order valence-corrected chi connectivity index (χ0v) is 21.0. The first-order valence-electron chi connectivity index (χ1n) is 12.2. The number of carbonyl (C=O) groups excluding carboxylic acids is 1. The van der Waals surface area contributed by atoms with Crippen LogP contribution in [0.15, 0.2) is 59.8 Å². The fourth-order valence-corrected chi connectivity index (χ4v) is 5.41. The maximum Gasteiger partial charge on any atom is 0.233 e. The van der Waals surface area contributed by atoms with Crippen molar-refractivity contribution in [3.05, 3.63) is 65.7 Å². The molecule has 2 saturated heterocycles. The van der Waals surface area contributed by atoms with Crippen molar-refractivity contribution in [2.45, 2.75) is 18.6 Å². The molecule has 9 heteroatoms. The van der Waals surface area contributed by atoms with E-state index in [1.165, 1.54) is 17.3 Å². The number of rotatable bonds is 7. The summed E-state index contributed by atoms with van der Waals surface area (Å²) in [6.45, 7) is 9.25. The van der Waals surface area contributed by atoms with Crippen LogP contribution in [-0.4, -0.2) is 88.7 Å². The van der Waals surface area contributed by atoms with Crippen molar-refractivity contribution in [1.29, 1.82) is 0 Å². The van der Waals surface area contributed by atoms with Crippen molar-refractivity contribution in [3.63, 3.8) is 0 Å². The molecule has 8 nitrogen and oxygen atoms in total. The summed E-state index contributed by atoms with van der Waals surface area (Å²) < 4.78 is 7.62. The number of benzene rings is 2. The van der Waals surface area contributed by atoms with Crippen LogP contribution in [0, 0.1) is 6.92 Å². The predicted octanol–water partition coefficient (Wildman–Crippen LogP) is 2.85. The summed E-state index contributed by atoms with van der Waals surface area (Å²) >= 11 is 1.47. The van der Waals surface area contributed by atoms with Crippen LogP contribution in [-0.2, 0) is 16.1 Å². The normalized spacial score (nSPS) is 17.1. The minimum Gasteiger partial charge on any atom is -0.378 e. The SMILES string of the molecule is Cc1ccccc1-n1c(SCC(=O)N2CCN(Cc3ccccc3)CC2)nnc1N1CCOCC1. The molecule has 3 heterocycles. The summed E-state index contributed by atoms with van der Waals surface area (Å²) in [7, 11) is 0. The van der Waals surface area contributed by atoms with E-state index >= 15 is 0 Å². The van der Waals surface area contributed by atoms with E-state index in [2.05, 4.69) is 67.9 Å². The molecule has 0 saturated carbocycles. The summed E-state index contributed by atoms with van der Waals surface area (Å²) in [5.41, 5.74) is 3.50. The van der Waals surface area contributed by atoms with Crippen LogP contribution in [0.4, 0.5) is 5.95 Å². The largest absolute Gasteiger partial charge is 0.378 e. The Bertz CT molecular complexity index is 1120. The van der Waals surface area contributed by atoms with Gasteiger partial charge in [0.25, 0.3) is 0 Å². The first kappa shape index (κ1) is 23.8. The Balaban J connectivity index is 1.24. The van der Waals surface area contributed by atoms with E-state index in [1.54, 1.807) is 0 Å². The Hall–Kier alpha value is -2.88. The van der Waals surface area contributed by atoms with Crippen LogP contribution in [0.1, 0.15) is 11.1 Å². The van der Waals surface area contributed by atoms with Crippen LogP contribution >= 0.6 is 11.8 Å². The van der Waals surface area contributed by atoms with Crippen LogP contribution in [0.25, 0.3) is 5.69 Å². The number of morpholine rings is 1. The zero-order chi connectivity index (χ0) is 24.0. The van der Waals surface area contributed by atoms with Gasteiger partial charge in [-0.3, -0.25) is 14.3 Å². The second kappa shape index (κ2) is 11.2. The van der Waals surface area contributed by atoms with Gasteiger partial charge in [0.15, 0.2) is 5.16 Å². The first-order chi connectivity index (χ1) is 17.2. The predicted molar refractivity (Wildman–Crippen MR) is 138 cm³/mol. The molecule has 0 radical (unpaired) electrons. The van der Waals surface area contributed by atoms with Crippen LogP contribution in [0.5, 0.6) is 0 Å². The number of thioether (sulfide) groups is 1. The fraction of sp³-hybridized carbons (Fsp3) is 0.423. The summed E-state index contributed by atoms with van der Waals surface area (Å²) in [6.07, 6.45) is 0. The molecule has 0 spiro atoms. The van der Waals surface area contributed by atoms with Gasteiger partial charge in [-0.25, -0.2) is 0 Å². The van der Waals surface area contributed by atoms with Gasteiger partial charge in [-0.05, 0) is 24.1 Å². The van der Waals surface area contributed by atoms with Gasteiger partial charge in [-0.1, -0.05) is 60.3 Å². The van der Waals surface area contributed by atoms with Crippen molar-refractivity contribution in [1.82, 2.24) is 24.6 Å². The van der Waals surface area contributed by atoms with E-state index in [0.29, 0.717) is 19.0 Å². The van der Waals surface area contributed by atoms with Crippen LogP contribution in [0.2, 0.25) is 0 Å². The van der Waals surface area contributed by atoms with E-state index in [1.807, 2.05) is 23.1 Å². The lowest BCUT2D eigenvalue weighted by Gasteiger charge is -2.34. The molecule has 3 aromatic rings. The lowest BCUT2D eigenvalue weighted by atomic mass is 10.2. The van der Waals surface area contributed by atoms with Crippen molar-refractivity contribution >= 4 is 23.6 Å². The third kappa shape index (κ3) is 5.69. The molecule has 2 aliphatic heterocycles. The quantitative estimate of drug-likeness (QED) is 0.470. The van der Waals surface area contributed by atoms with Gasteiger partial charge in [0.05, 0.1) is 24.7 Å². The highest BCUT2D eigenvalue weighted by atomic mass is 32.2. The van der Waals surface area contributed by atoms with Crippen molar-refractivity contribution in [2.24, 2.45) is 0 Å². The van der Waals surface area contributed by atoms with Gasteiger partial charge in [0.2, 0.25) is 11.9 Å². The van der Waals surface area contributed by atoms with Gasteiger partial charge >= 0.3 is 0 Å². The molecule has 5 rings (SSSR count). The number of carbonyl (C=O) groups is 1. The van der Waals surface area contributed by atoms with Gasteiger partial charge in [-0.15, -0.1) is 10.2 Å². The second-order valence-electron chi connectivity index (χ2n) is 8.94. The molecule has 1 amide bonds. The van der Waals surface area contributed by atoms with E-state index in [0.717, 1.165) is 68.2 Å². The number of nitrogens with zero attached hydrogens (tertiary/aromatic N) is 6. The van der Waals surface area contributed by atoms with Crippen molar-refractivity contribution in [2.75, 3.05) is 63.1 Å². The van der Waals surface area contributed by atoms with Gasteiger partial charge in [0, 0.05) is 45.8 Å². The Morgan fingerprint density at radius 2 is 1.63 bits per heavy atom. The van der Waals surface area contributed by atoms with Gasteiger partial charge in [-0.2, -0.15) is 0 Å². The molecule has 0 unspecified atom stereocenters. The number of aromatic nitrogens is 3. The molecular formula is C26H32N6O2S. The Labute approximate surface area is 210 Å². The van der Waals surface area contributed by atoms with Gasteiger partial charge in [0.1, 0.15) is 0 Å². The highest BCUT2D eigenvalue weighted by Crippen LogP contribution is 2.29. The maximum absolute atomic E-state index is 13.1. The lowest BCUT2D eigenvalue weighted by Crippen LogP contribution is -2.48. The van der Waals surface area contributed by atoms with Crippen LogP contribution in [0.3, 0.4) is 0 Å². The number of ether oxygens (including phenoxy) is 1. The Morgan fingerprint density at radius 1 is 0.914 bits per heavy atom. The summed E-state index contributed by atoms with van der Waals surface area (Å²) in [5.74, 6) is 1.32. The van der Waals surface area contributed by atoms with Crippen molar-refractivity contribution in [3.8, 4) is 5.69 Å². The van der Waals surface area contributed by atoms with E-state index < -0.39 is 0 Å². The summed E-state index contributed by atoms with van der Waals surface area (Å²) in [4.78, 5) is 19.7. The molecule has 2 fully saturated rings. The molecule has 0 N–H and O–H groups in total. The maximum atomic E-state index is 13.1. The number of hydrogen-bond acceptors (Lipinski definition) is 7. The molecular weight excluding hydrogens is 460 g/mol. The number of anilines is 1. The number of para-hydroxylation sites is 1. The lowest BCUT2D eigenvalue weighted by molar-refractivity contribution is -0.130. The van der Waals surface area contributed by atoms with Crippen LogP contribution < -0.4 is 4.90 Å². The van der Waals surface area contributed by atoms with E-state index in [-0.39, 0.29) is 5.91 Å². The number of piperazine rings is 1. The molecule has 0 aliphatic carbocycles. The minimum absolute atomic E-state index is 0.154. The zero-order valence-electron chi connectivity index (χ0n) is 20.2. The van der Waals surface area contributed by atoms with Crippen molar-refractivity contribution < 1.29 is 9.53 Å². The Morgan fingerprint density at radius 3 is 2.37 bits per heavy atom. The minimum atomic E-state index is 0.154. The summed E-state index contributed by atoms with van der Waals surface area (Å²) in [5, 5.41) is 9.77. The first-order valence-corrected chi connectivity index (χ1v) is 13.2. The average Bonchev–Trinajstić information content (AvgIpc) is 3.33. The molecule has 184 valence electrons. The molecule has 35 heavy (non-hydrogen) atoms. The highest BCUT2D eigenvalue weighted by Gasteiger charge is 2.25.